The predicted molar refractivity (Wildman–Crippen MR) is 102 cm³/mol. The quantitative estimate of drug-likeness (QED) is 0.224. The molecule has 1 heteroatoms. The summed E-state index contributed by atoms with van der Waals surface area (Å²) in [6, 6.07) is 0. The lowest BCUT2D eigenvalue weighted by Crippen LogP contribution is -1.97. The predicted octanol–water partition coefficient (Wildman–Crippen LogP) is 7.15. The molecule has 0 aliphatic rings. The number of unbranched alkanes of at least 4 members (excludes halogenated alkanes) is 15. The topological polar surface area (TPSA) is 26.0 Å². The minimum atomic E-state index is 0.870. The summed E-state index contributed by atoms with van der Waals surface area (Å²) < 4.78 is 0. The number of allylic oxidation sites excluding steroid dienone is 2. The number of hydrogen-bond acceptors (Lipinski definition) is 1. The van der Waals surface area contributed by atoms with E-state index < -0.39 is 0 Å². The Morgan fingerprint density at radius 1 is 0.545 bits per heavy atom. The van der Waals surface area contributed by atoms with Crippen molar-refractivity contribution in [3.8, 4) is 0 Å². The van der Waals surface area contributed by atoms with Gasteiger partial charge in [-0.2, -0.15) is 0 Å². The van der Waals surface area contributed by atoms with Crippen LogP contribution in [0.4, 0.5) is 0 Å². The van der Waals surface area contributed by atoms with Crippen molar-refractivity contribution in [2.75, 3.05) is 6.54 Å². The maximum atomic E-state index is 5.50. The number of rotatable bonds is 17. The summed E-state index contributed by atoms with van der Waals surface area (Å²) in [5.74, 6) is 0. The fraction of sp³-hybridized carbons (Fsp3) is 0.905. The standard InChI is InChI=1S/C21H43N/c1-21(2)19-17-15-13-11-9-7-5-3-4-6-8-10-12-14-16-18-20-22/h19H,3-18,20,22H2,1-2H3. The van der Waals surface area contributed by atoms with Crippen molar-refractivity contribution in [1.82, 2.24) is 0 Å². The van der Waals surface area contributed by atoms with Crippen molar-refractivity contribution in [1.29, 1.82) is 0 Å². The Morgan fingerprint density at radius 2 is 0.864 bits per heavy atom. The first-order valence-corrected chi connectivity index (χ1v) is 10.1. The molecule has 0 aromatic rings. The molecule has 0 saturated carbocycles. The molecule has 1 nitrogen and oxygen atoms in total. The van der Waals surface area contributed by atoms with Gasteiger partial charge in [-0.3, -0.25) is 0 Å². The van der Waals surface area contributed by atoms with Crippen molar-refractivity contribution in [2.24, 2.45) is 5.73 Å². The summed E-state index contributed by atoms with van der Waals surface area (Å²) in [7, 11) is 0. The zero-order valence-corrected chi connectivity index (χ0v) is 15.7. The monoisotopic (exact) mass is 309 g/mol. The van der Waals surface area contributed by atoms with Crippen LogP contribution in [0.25, 0.3) is 0 Å². The molecule has 0 bridgehead atoms. The Labute approximate surface area is 141 Å². The maximum Gasteiger partial charge on any atom is -0.00773 e. The van der Waals surface area contributed by atoms with Crippen LogP contribution in [-0.2, 0) is 0 Å². The van der Waals surface area contributed by atoms with Crippen LogP contribution in [-0.4, -0.2) is 6.54 Å². The Morgan fingerprint density at radius 3 is 1.18 bits per heavy atom. The first-order chi connectivity index (χ1) is 10.8. The molecule has 0 unspecified atom stereocenters. The smallest absolute Gasteiger partial charge is 0.00773 e. The van der Waals surface area contributed by atoms with Gasteiger partial charge in [0.15, 0.2) is 0 Å². The van der Waals surface area contributed by atoms with Gasteiger partial charge in [0.05, 0.1) is 0 Å². The van der Waals surface area contributed by atoms with Crippen LogP contribution in [0.15, 0.2) is 11.6 Å². The molecule has 0 amide bonds. The summed E-state index contributed by atoms with van der Waals surface area (Å²) in [6.45, 7) is 5.26. The molecule has 0 aliphatic carbocycles. The van der Waals surface area contributed by atoms with E-state index in [9.17, 15) is 0 Å². The van der Waals surface area contributed by atoms with Gasteiger partial charge in [0.2, 0.25) is 0 Å². The summed E-state index contributed by atoms with van der Waals surface area (Å²) in [5.41, 5.74) is 6.97. The molecule has 132 valence electrons. The van der Waals surface area contributed by atoms with Gasteiger partial charge in [0.1, 0.15) is 0 Å². The van der Waals surface area contributed by atoms with Crippen molar-refractivity contribution in [3.63, 3.8) is 0 Å². The average molecular weight is 310 g/mol. The Bertz CT molecular complexity index is 228. The highest BCUT2D eigenvalue weighted by molar-refractivity contribution is 4.92. The summed E-state index contributed by atoms with van der Waals surface area (Å²) in [5, 5.41) is 0. The first kappa shape index (κ1) is 21.7. The summed E-state index contributed by atoms with van der Waals surface area (Å²) in [4.78, 5) is 0. The SMILES string of the molecule is CC(C)=CCCCCCCCCCCCCCCCCCN. The van der Waals surface area contributed by atoms with E-state index in [2.05, 4.69) is 19.9 Å². The fourth-order valence-corrected chi connectivity index (χ4v) is 2.98. The van der Waals surface area contributed by atoms with Gasteiger partial charge in [-0.05, 0) is 39.7 Å². The molecule has 0 spiro atoms. The van der Waals surface area contributed by atoms with E-state index in [0.29, 0.717) is 0 Å². The fourth-order valence-electron chi connectivity index (χ4n) is 2.98. The van der Waals surface area contributed by atoms with Crippen LogP contribution in [0, 0.1) is 0 Å². The third-order valence-corrected chi connectivity index (χ3v) is 4.46. The molecule has 0 atom stereocenters. The van der Waals surface area contributed by atoms with Gasteiger partial charge in [-0.25, -0.2) is 0 Å². The lowest BCUT2D eigenvalue weighted by molar-refractivity contribution is 0.531. The molecule has 0 fully saturated rings. The third kappa shape index (κ3) is 19.7. The van der Waals surface area contributed by atoms with Gasteiger partial charge in [0, 0.05) is 0 Å². The van der Waals surface area contributed by atoms with Crippen LogP contribution in [0.5, 0.6) is 0 Å². The normalized spacial score (nSPS) is 10.9. The molecule has 0 saturated heterocycles. The second-order valence-corrected chi connectivity index (χ2v) is 7.16. The molecule has 0 aromatic carbocycles. The molecule has 2 N–H and O–H groups in total. The van der Waals surface area contributed by atoms with E-state index in [1.54, 1.807) is 0 Å². The second kappa shape index (κ2) is 18.7. The minimum absolute atomic E-state index is 0.870. The van der Waals surface area contributed by atoms with E-state index in [1.165, 1.54) is 108 Å². The van der Waals surface area contributed by atoms with E-state index >= 15 is 0 Å². The average Bonchev–Trinajstić information content (AvgIpc) is 2.50. The second-order valence-electron chi connectivity index (χ2n) is 7.16. The molecule has 0 radical (unpaired) electrons. The van der Waals surface area contributed by atoms with Gasteiger partial charge in [-0.15, -0.1) is 0 Å². The van der Waals surface area contributed by atoms with E-state index in [0.717, 1.165) is 6.54 Å². The Kier molecular flexibility index (Phi) is 18.5. The highest BCUT2D eigenvalue weighted by Gasteiger charge is 1.94. The first-order valence-electron chi connectivity index (χ1n) is 10.1. The minimum Gasteiger partial charge on any atom is -0.330 e. The van der Waals surface area contributed by atoms with Crippen LogP contribution in [0.1, 0.15) is 117 Å². The van der Waals surface area contributed by atoms with Crippen LogP contribution in [0.2, 0.25) is 0 Å². The molecule has 0 aromatic heterocycles. The number of hydrogen-bond donors (Lipinski definition) is 1. The summed E-state index contributed by atoms with van der Waals surface area (Å²) in [6.07, 6.45) is 24.9. The summed E-state index contributed by atoms with van der Waals surface area (Å²) >= 11 is 0. The molecule has 0 aliphatic heterocycles. The van der Waals surface area contributed by atoms with Gasteiger partial charge < -0.3 is 5.73 Å². The highest BCUT2D eigenvalue weighted by Crippen LogP contribution is 2.13. The molecule has 22 heavy (non-hydrogen) atoms. The van der Waals surface area contributed by atoms with Crippen molar-refractivity contribution in [3.05, 3.63) is 11.6 Å². The van der Waals surface area contributed by atoms with E-state index in [4.69, 9.17) is 5.73 Å². The molecule has 0 heterocycles. The Balaban J connectivity index is 2.98. The highest BCUT2D eigenvalue weighted by atomic mass is 14.5. The number of nitrogens with two attached hydrogens (primary N) is 1. The van der Waals surface area contributed by atoms with E-state index in [1.807, 2.05) is 0 Å². The molecule has 0 rings (SSSR count). The van der Waals surface area contributed by atoms with Gasteiger partial charge >= 0.3 is 0 Å². The third-order valence-electron chi connectivity index (χ3n) is 4.46. The van der Waals surface area contributed by atoms with Crippen LogP contribution in [0.3, 0.4) is 0 Å². The lowest BCUT2D eigenvalue weighted by atomic mass is 10.0. The zero-order chi connectivity index (χ0) is 16.3. The van der Waals surface area contributed by atoms with Gasteiger partial charge in [0.25, 0.3) is 0 Å². The Hall–Kier alpha value is -0.300. The lowest BCUT2D eigenvalue weighted by Gasteiger charge is -2.03. The van der Waals surface area contributed by atoms with Crippen molar-refractivity contribution >= 4 is 0 Å². The van der Waals surface area contributed by atoms with Gasteiger partial charge in [-0.1, -0.05) is 95.1 Å². The van der Waals surface area contributed by atoms with E-state index in [-0.39, 0.29) is 0 Å². The van der Waals surface area contributed by atoms with Crippen LogP contribution >= 0.6 is 0 Å². The van der Waals surface area contributed by atoms with Crippen LogP contribution < -0.4 is 5.73 Å². The van der Waals surface area contributed by atoms with Crippen molar-refractivity contribution < 1.29 is 0 Å². The molecular weight excluding hydrogens is 266 g/mol. The molecular formula is C21H43N. The zero-order valence-electron chi connectivity index (χ0n) is 15.7. The largest absolute Gasteiger partial charge is 0.330 e. The maximum absolute atomic E-state index is 5.50. The van der Waals surface area contributed by atoms with Crippen molar-refractivity contribution in [2.45, 2.75) is 117 Å².